The summed E-state index contributed by atoms with van der Waals surface area (Å²) in [5, 5.41) is 11.9. The lowest BCUT2D eigenvalue weighted by molar-refractivity contribution is 0.200. The number of fused-ring (bicyclic) bond motifs is 1. The molecule has 0 saturated carbocycles. The summed E-state index contributed by atoms with van der Waals surface area (Å²) in [5.74, 6) is 1.24. The Morgan fingerprint density at radius 2 is 1.79 bits per heavy atom. The molecule has 6 heteroatoms. The van der Waals surface area contributed by atoms with Crippen LogP contribution in [-0.4, -0.2) is 68.8 Å². The predicted octanol–water partition coefficient (Wildman–Crippen LogP) is 3.36. The Hall–Kier alpha value is -2.57. The van der Waals surface area contributed by atoms with Crippen molar-refractivity contribution in [3.05, 3.63) is 53.5 Å². The molecule has 5 heterocycles. The molecule has 6 rings (SSSR count). The van der Waals surface area contributed by atoms with Crippen molar-refractivity contribution >= 4 is 22.2 Å². The molecule has 0 amide bonds. The van der Waals surface area contributed by atoms with Crippen LogP contribution in [0.1, 0.15) is 38.4 Å². The number of nitrogens with zero attached hydrogens (tertiary/aromatic N) is 3. The first-order valence-electron chi connectivity index (χ1n) is 13.2. The number of allylic oxidation sites excluding steroid dienone is 2. The summed E-state index contributed by atoms with van der Waals surface area (Å²) < 4.78 is 0. The Morgan fingerprint density at radius 1 is 0.971 bits per heavy atom. The first kappa shape index (κ1) is 23.2. The molecule has 3 fully saturated rings. The average molecular weight is 461 g/mol. The summed E-state index contributed by atoms with van der Waals surface area (Å²) in [4.78, 5) is 10.2. The zero-order valence-corrected chi connectivity index (χ0v) is 21.1. The minimum Gasteiger partial charge on any atom is -0.370 e. The van der Waals surface area contributed by atoms with Crippen LogP contribution in [0.5, 0.6) is 0 Å². The number of benzene rings is 1. The van der Waals surface area contributed by atoms with E-state index in [4.69, 9.17) is 4.98 Å². The summed E-state index contributed by atoms with van der Waals surface area (Å²) in [5.41, 5.74) is 6.69. The third-order valence-electron chi connectivity index (χ3n) is 7.73. The third-order valence-corrected chi connectivity index (χ3v) is 7.73. The normalized spacial score (nSPS) is 21.4. The van der Waals surface area contributed by atoms with Gasteiger partial charge < -0.3 is 25.8 Å². The van der Waals surface area contributed by atoms with E-state index in [1.54, 1.807) is 0 Å². The van der Waals surface area contributed by atoms with Crippen molar-refractivity contribution in [3.8, 4) is 0 Å². The van der Waals surface area contributed by atoms with Crippen molar-refractivity contribution in [3.63, 3.8) is 0 Å². The number of pyridine rings is 1. The molecule has 0 unspecified atom stereocenters. The van der Waals surface area contributed by atoms with Crippen LogP contribution in [0.4, 0.5) is 5.69 Å². The van der Waals surface area contributed by atoms with Gasteiger partial charge in [-0.05, 0) is 42.2 Å². The molecule has 3 saturated heterocycles. The van der Waals surface area contributed by atoms with Gasteiger partial charge in [0.2, 0.25) is 0 Å². The van der Waals surface area contributed by atoms with Crippen molar-refractivity contribution in [2.45, 2.75) is 33.6 Å². The second-order valence-electron chi connectivity index (χ2n) is 9.84. The molecule has 1 aromatic carbocycles. The van der Waals surface area contributed by atoms with Gasteiger partial charge in [-0.15, -0.1) is 0 Å². The van der Waals surface area contributed by atoms with Crippen molar-refractivity contribution in [1.29, 1.82) is 0 Å². The summed E-state index contributed by atoms with van der Waals surface area (Å²) >= 11 is 0. The van der Waals surface area contributed by atoms with Gasteiger partial charge in [-0.25, -0.2) is 4.98 Å². The van der Waals surface area contributed by atoms with Crippen LogP contribution in [0.2, 0.25) is 0 Å². The van der Waals surface area contributed by atoms with Crippen molar-refractivity contribution in [1.82, 2.24) is 25.8 Å². The van der Waals surface area contributed by atoms with E-state index in [1.807, 2.05) is 13.8 Å². The molecule has 182 valence electrons. The number of aromatic nitrogens is 1. The Morgan fingerprint density at radius 3 is 2.44 bits per heavy atom. The Labute approximate surface area is 204 Å². The molecule has 0 atom stereocenters. The van der Waals surface area contributed by atoms with Gasteiger partial charge in [0.15, 0.2) is 0 Å². The van der Waals surface area contributed by atoms with E-state index in [1.165, 1.54) is 34.5 Å². The van der Waals surface area contributed by atoms with Crippen LogP contribution in [0.15, 0.2) is 42.2 Å². The molecule has 3 N–H and O–H groups in total. The van der Waals surface area contributed by atoms with E-state index in [0.29, 0.717) is 5.41 Å². The summed E-state index contributed by atoms with van der Waals surface area (Å²) in [6, 6.07) is 9.20. The fraction of sp³-hybridized carbons (Fsp3) is 0.536. The van der Waals surface area contributed by atoms with Gasteiger partial charge in [0.1, 0.15) is 5.82 Å². The van der Waals surface area contributed by atoms with Crippen LogP contribution in [0, 0.1) is 5.41 Å². The highest BCUT2D eigenvalue weighted by atomic mass is 15.3. The molecular formula is C28H40N6. The number of hydrogen-bond acceptors (Lipinski definition) is 6. The van der Waals surface area contributed by atoms with Gasteiger partial charge in [0, 0.05) is 75.4 Å². The standard InChI is InChI=1S/C26H34N6.C2H6/c1-2-19-3-5-21-23(13-19)30-22(14-24(21)32-10-7-26(18-32)16-28-17-26)20-4-6-25(29-15-20)31-11-8-27-9-12-31;1-2/h3-6,13-14,27-29H,2,7-12,15-18H2,1H3;1-2H3. The largest absolute Gasteiger partial charge is 0.370 e. The van der Waals surface area contributed by atoms with Gasteiger partial charge in [-0.1, -0.05) is 39.0 Å². The molecule has 4 aliphatic rings. The highest BCUT2D eigenvalue weighted by Crippen LogP contribution is 2.39. The van der Waals surface area contributed by atoms with Crippen LogP contribution in [-0.2, 0) is 6.42 Å². The van der Waals surface area contributed by atoms with Gasteiger partial charge in [0.25, 0.3) is 0 Å². The highest BCUT2D eigenvalue weighted by molar-refractivity contribution is 5.94. The maximum absolute atomic E-state index is 5.15. The smallest absolute Gasteiger partial charge is 0.102 e. The minimum atomic E-state index is 0.478. The number of hydrogen-bond donors (Lipinski definition) is 3. The third kappa shape index (κ3) is 4.41. The predicted molar refractivity (Wildman–Crippen MR) is 143 cm³/mol. The lowest BCUT2D eigenvalue weighted by Crippen LogP contribution is -2.54. The van der Waals surface area contributed by atoms with E-state index >= 15 is 0 Å². The van der Waals surface area contributed by atoms with Gasteiger partial charge >= 0.3 is 0 Å². The van der Waals surface area contributed by atoms with E-state index in [0.717, 1.165) is 76.5 Å². The topological polar surface area (TPSA) is 55.5 Å². The van der Waals surface area contributed by atoms with Gasteiger partial charge in [-0.3, -0.25) is 0 Å². The first-order valence-corrected chi connectivity index (χ1v) is 13.2. The second-order valence-corrected chi connectivity index (χ2v) is 9.84. The Kier molecular flexibility index (Phi) is 6.79. The van der Waals surface area contributed by atoms with E-state index in [-0.39, 0.29) is 0 Å². The molecule has 1 aromatic heterocycles. The molecule has 2 aromatic rings. The SMILES string of the molecule is CC.CCc1ccc2c(N3CCC4(CNC4)C3)cc(C3=CC=C(N4CCNCC4)NC3)nc2c1. The fourth-order valence-corrected chi connectivity index (χ4v) is 5.59. The molecule has 0 bridgehead atoms. The summed E-state index contributed by atoms with van der Waals surface area (Å²) in [6.45, 7) is 15.9. The van der Waals surface area contributed by atoms with Gasteiger partial charge in [0.05, 0.1) is 11.2 Å². The molecule has 34 heavy (non-hydrogen) atoms. The number of dihydropyridines is 1. The molecule has 6 nitrogen and oxygen atoms in total. The fourth-order valence-electron chi connectivity index (χ4n) is 5.59. The monoisotopic (exact) mass is 460 g/mol. The Balaban J connectivity index is 0.00000117. The van der Waals surface area contributed by atoms with Crippen LogP contribution >= 0.6 is 0 Å². The molecule has 0 aliphatic carbocycles. The van der Waals surface area contributed by atoms with Crippen LogP contribution in [0.25, 0.3) is 16.5 Å². The quantitative estimate of drug-likeness (QED) is 0.651. The molecule has 0 radical (unpaired) electrons. The van der Waals surface area contributed by atoms with Crippen LogP contribution < -0.4 is 20.9 Å². The molecule has 1 spiro atoms. The Bertz CT molecular complexity index is 1080. The van der Waals surface area contributed by atoms with Crippen LogP contribution in [0.3, 0.4) is 0 Å². The maximum Gasteiger partial charge on any atom is 0.102 e. The van der Waals surface area contributed by atoms with E-state index in [2.05, 4.69) is 69.1 Å². The number of nitrogens with one attached hydrogen (secondary N) is 3. The number of rotatable bonds is 4. The van der Waals surface area contributed by atoms with E-state index in [9.17, 15) is 0 Å². The van der Waals surface area contributed by atoms with E-state index < -0.39 is 0 Å². The zero-order valence-electron chi connectivity index (χ0n) is 21.1. The highest BCUT2D eigenvalue weighted by Gasteiger charge is 2.43. The molecular weight excluding hydrogens is 420 g/mol. The van der Waals surface area contributed by atoms with Crippen molar-refractivity contribution < 1.29 is 0 Å². The van der Waals surface area contributed by atoms with Crippen molar-refractivity contribution in [2.24, 2.45) is 5.41 Å². The number of piperazine rings is 1. The summed E-state index contributed by atoms with van der Waals surface area (Å²) in [7, 11) is 0. The van der Waals surface area contributed by atoms with Crippen molar-refractivity contribution in [2.75, 3.05) is 63.8 Å². The first-order chi connectivity index (χ1) is 16.7. The molecule has 4 aliphatic heterocycles. The maximum atomic E-state index is 5.15. The van der Waals surface area contributed by atoms with Gasteiger partial charge in [-0.2, -0.15) is 0 Å². The summed E-state index contributed by atoms with van der Waals surface area (Å²) in [6.07, 6.45) is 6.84. The second kappa shape index (κ2) is 9.96. The minimum absolute atomic E-state index is 0.478. The number of aryl methyl sites for hydroxylation is 1. The lowest BCUT2D eigenvalue weighted by atomic mass is 9.81. The lowest BCUT2D eigenvalue weighted by Gasteiger charge is -2.39. The zero-order chi connectivity index (χ0) is 23.5. The average Bonchev–Trinajstić information content (AvgIpc) is 3.36. The number of anilines is 1.